The van der Waals surface area contributed by atoms with Gasteiger partial charge in [-0.1, -0.05) is 54.6 Å². The van der Waals surface area contributed by atoms with Crippen molar-refractivity contribution in [2.75, 3.05) is 11.2 Å². The molecule has 3 rings (SSSR count). The van der Waals surface area contributed by atoms with Gasteiger partial charge in [-0.3, -0.25) is 4.79 Å². The molecule has 1 heterocycles. The SMILES string of the molecule is CCc1ccc(NC(=O)C(C)Sc2nnc(-c3ccccc3Cl)n2N)cc1. The zero-order chi connectivity index (χ0) is 19.4. The van der Waals surface area contributed by atoms with Crippen molar-refractivity contribution in [2.45, 2.75) is 30.7 Å². The maximum absolute atomic E-state index is 12.5. The van der Waals surface area contributed by atoms with Gasteiger partial charge in [0, 0.05) is 11.3 Å². The number of thioether (sulfide) groups is 1. The molecule has 6 nitrogen and oxygen atoms in total. The van der Waals surface area contributed by atoms with Crippen LogP contribution < -0.4 is 11.2 Å². The smallest absolute Gasteiger partial charge is 0.237 e. The van der Waals surface area contributed by atoms with E-state index >= 15 is 0 Å². The third kappa shape index (κ3) is 4.43. The Kier molecular flexibility index (Phi) is 6.03. The fourth-order valence-corrected chi connectivity index (χ4v) is 3.45. The number of hydrogen-bond donors (Lipinski definition) is 2. The maximum Gasteiger partial charge on any atom is 0.237 e. The van der Waals surface area contributed by atoms with Gasteiger partial charge in [0.25, 0.3) is 0 Å². The van der Waals surface area contributed by atoms with E-state index in [-0.39, 0.29) is 5.91 Å². The number of halogens is 1. The summed E-state index contributed by atoms with van der Waals surface area (Å²) in [7, 11) is 0. The molecule has 1 unspecified atom stereocenters. The molecule has 140 valence electrons. The number of benzene rings is 2. The number of hydrogen-bond acceptors (Lipinski definition) is 5. The van der Waals surface area contributed by atoms with Crippen LogP contribution in [0.3, 0.4) is 0 Å². The van der Waals surface area contributed by atoms with Crippen molar-refractivity contribution >= 4 is 35.0 Å². The van der Waals surface area contributed by atoms with Crippen LogP contribution in [0.2, 0.25) is 5.02 Å². The molecule has 0 aliphatic rings. The Morgan fingerprint density at radius 1 is 1.22 bits per heavy atom. The highest BCUT2D eigenvalue weighted by molar-refractivity contribution is 8.00. The van der Waals surface area contributed by atoms with Gasteiger partial charge in [0.1, 0.15) is 0 Å². The minimum Gasteiger partial charge on any atom is -0.335 e. The Hall–Kier alpha value is -2.51. The van der Waals surface area contributed by atoms with Gasteiger partial charge in [-0.25, -0.2) is 4.68 Å². The molecular formula is C19H20ClN5OS. The monoisotopic (exact) mass is 401 g/mol. The third-order valence-electron chi connectivity index (χ3n) is 4.06. The van der Waals surface area contributed by atoms with E-state index in [1.54, 1.807) is 13.0 Å². The van der Waals surface area contributed by atoms with Crippen molar-refractivity contribution in [3.8, 4) is 11.4 Å². The largest absolute Gasteiger partial charge is 0.335 e. The highest BCUT2D eigenvalue weighted by Crippen LogP contribution is 2.29. The molecule has 0 radical (unpaired) electrons. The highest BCUT2D eigenvalue weighted by atomic mass is 35.5. The topological polar surface area (TPSA) is 85.8 Å². The first kappa shape index (κ1) is 19.3. The van der Waals surface area contributed by atoms with Crippen molar-refractivity contribution in [1.82, 2.24) is 14.9 Å². The van der Waals surface area contributed by atoms with E-state index in [4.69, 9.17) is 17.4 Å². The van der Waals surface area contributed by atoms with Crippen LogP contribution in [-0.4, -0.2) is 26.0 Å². The van der Waals surface area contributed by atoms with E-state index < -0.39 is 5.25 Å². The average Bonchev–Trinajstić information content (AvgIpc) is 3.03. The number of nitrogens with two attached hydrogens (primary N) is 1. The molecule has 8 heteroatoms. The van der Waals surface area contributed by atoms with Crippen LogP contribution in [-0.2, 0) is 11.2 Å². The number of aryl methyl sites for hydroxylation is 1. The molecule has 0 saturated heterocycles. The zero-order valence-corrected chi connectivity index (χ0v) is 16.6. The second-order valence-electron chi connectivity index (χ2n) is 5.96. The quantitative estimate of drug-likeness (QED) is 0.481. The van der Waals surface area contributed by atoms with Gasteiger partial charge in [0.05, 0.1) is 10.3 Å². The van der Waals surface area contributed by atoms with Crippen LogP contribution >= 0.6 is 23.4 Å². The molecule has 1 amide bonds. The molecule has 1 atom stereocenters. The van der Waals surface area contributed by atoms with Crippen molar-refractivity contribution in [3.63, 3.8) is 0 Å². The van der Waals surface area contributed by atoms with E-state index in [9.17, 15) is 4.79 Å². The second-order valence-corrected chi connectivity index (χ2v) is 7.67. The van der Waals surface area contributed by atoms with Gasteiger partial charge in [-0.05, 0) is 43.2 Å². The minimum absolute atomic E-state index is 0.133. The summed E-state index contributed by atoms with van der Waals surface area (Å²) in [5.41, 5.74) is 2.67. The van der Waals surface area contributed by atoms with Gasteiger partial charge < -0.3 is 11.2 Å². The molecule has 27 heavy (non-hydrogen) atoms. The number of nitrogen functional groups attached to an aromatic ring is 1. The van der Waals surface area contributed by atoms with Gasteiger partial charge >= 0.3 is 0 Å². The first-order valence-electron chi connectivity index (χ1n) is 8.51. The summed E-state index contributed by atoms with van der Waals surface area (Å²) in [4.78, 5) is 12.5. The highest BCUT2D eigenvalue weighted by Gasteiger charge is 2.20. The Bertz CT molecular complexity index is 942. The molecule has 3 aromatic rings. The van der Waals surface area contributed by atoms with Crippen LogP contribution in [0.1, 0.15) is 19.4 Å². The molecule has 1 aromatic heterocycles. The van der Waals surface area contributed by atoms with E-state index in [0.29, 0.717) is 21.6 Å². The van der Waals surface area contributed by atoms with Crippen LogP contribution in [0.4, 0.5) is 5.69 Å². The van der Waals surface area contributed by atoms with Gasteiger partial charge in [0.15, 0.2) is 5.82 Å². The Morgan fingerprint density at radius 2 is 1.93 bits per heavy atom. The Labute approximate surface area is 167 Å². The third-order valence-corrected chi connectivity index (χ3v) is 5.45. The second kappa shape index (κ2) is 8.45. The fraction of sp³-hybridized carbons (Fsp3) is 0.211. The number of carbonyl (C=O) groups is 1. The zero-order valence-electron chi connectivity index (χ0n) is 15.0. The lowest BCUT2D eigenvalue weighted by Crippen LogP contribution is -2.23. The fourth-order valence-electron chi connectivity index (χ4n) is 2.46. The van der Waals surface area contributed by atoms with Crippen molar-refractivity contribution in [3.05, 3.63) is 59.1 Å². The van der Waals surface area contributed by atoms with Crippen molar-refractivity contribution in [1.29, 1.82) is 0 Å². The molecule has 0 spiro atoms. The van der Waals surface area contributed by atoms with Crippen molar-refractivity contribution < 1.29 is 4.79 Å². The van der Waals surface area contributed by atoms with Gasteiger partial charge in [-0.2, -0.15) is 0 Å². The van der Waals surface area contributed by atoms with Crippen molar-refractivity contribution in [2.24, 2.45) is 0 Å². The number of carbonyl (C=O) groups excluding carboxylic acids is 1. The maximum atomic E-state index is 12.5. The lowest BCUT2D eigenvalue weighted by Gasteiger charge is -2.12. The first-order chi connectivity index (χ1) is 13.0. The van der Waals surface area contributed by atoms with Gasteiger partial charge in [-0.15, -0.1) is 10.2 Å². The summed E-state index contributed by atoms with van der Waals surface area (Å²) in [6, 6.07) is 15.1. The summed E-state index contributed by atoms with van der Waals surface area (Å²) in [6.45, 7) is 3.89. The Morgan fingerprint density at radius 3 is 2.59 bits per heavy atom. The van der Waals surface area contributed by atoms with E-state index in [2.05, 4.69) is 22.4 Å². The molecule has 0 bridgehead atoms. The number of rotatable bonds is 6. The Balaban J connectivity index is 1.69. The first-order valence-corrected chi connectivity index (χ1v) is 9.77. The molecule has 0 aliphatic carbocycles. The van der Waals surface area contributed by atoms with Crippen LogP contribution in [0, 0.1) is 0 Å². The van der Waals surface area contributed by atoms with Crippen LogP contribution in [0.25, 0.3) is 11.4 Å². The standard InChI is InChI=1S/C19H20ClN5OS/c1-3-13-8-10-14(11-9-13)22-18(26)12(2)27-19-24-23-17(25(19)21)15-6-4-5-7-16(15)20/h4-12H,3,21H2,1-2H3,(H,22,26). The predicted molar refractivity (Wildman–Crippen MR) is 110 cm³/mol. The summed E-state index contributed by atoms with van der Waals surface area (Å²) < 4.78 is 1.35. The van der Waals surface area contributed by atoms with E-state index in [1.165, 1.54) is 22.0 Å². The summed E-state index contributed by atoms with van der Waals surface area (Å²) in [5, 5.41) is 11.7. The number of nitrogens with zero attached hydrogens (tertiary/aromatic N) is 3. The number of anilines is 1. The lowest BCUT2D eigenvalue weighted by atomic mass is 10.1. The predicted octanol–water partition coefficient (Wildman–Crippen LogP) is 3.99. The van der Waals surface area contributed by atoms with Gasteiger partial charge in [0.2, 0.25) is 11.1 Å². The van der Waals surface area contributed by atoms with E-state index in [1.807, 2.05) is 42.5 Å². The van der Waals surface area contributed by atoms with Crippen LogP contribution in [0.5, 0.6) is 0 Å². The number of nitrogens with one attached hydrogen (secondary N) is 1. The molecule has 2 aromatic carbocycles. The van der Waals surface area contributed by atoms with Crippen LogP contribution in [0.15, 0.2) is 53.7 Å². The lowest BCUT2D eigenvalue weighted by molar-refractivity contribution is -0.115. The average molecular weight is 402 g/mol. The minimum atomic E-state index is -0.401. The molecular weight excluding hydrogens is 382 g/mol. The molecule has 3 N–H and O–H groups in total. The summed E-state index contributed by atoms with van der Waals surface area (Å²) >= 11 is 7.44. The normalized spacial score (nSPS) is 12.0. The summed E-state index contributed by atoms with van der Waals surface area (Å²) in [6.07, 6.45) is 0.959. The molecule has 0 aliphatic heterocycles. The number of amides is 1. The summed E-state index contributed by atoms with van der Waals surface area (Å²) in [5.74, 6) is 6.43. The van der Waals surface area contributed by atoms with E-state index in [0.717, 1.165) is 12.1 Å². The molecule has 0 saturated carbocycles. The molecule has 0 fully saturated rings. The number of aromatic nitrogens is 3.